The molecule has 0 aliphatic heterocycles. The van der Waals surface area contributed by atoms with Gasteiger partial charge < -0.3 is 40.9 Å². The van der Waals surface area contributed by atoms with Gasteiger partial charge in [0, 0.05) is 37.6 Å². The standard InChI is InChI=1S/C28H32Cl2N10O10S2.2Na.2H/c29-23-33-25(37-27(35-23)39(7-11-41)8-12-42)31-19-5-3-17(21(15-19)51(45,46)47)1-2-18-4-6-20(16-22(18)52(48,49)50)32-26-34-24(30)36-28(38-26)40(9-13-43)10-14-44;;;;/h1-6,15-16,41-44H,7-14H2,(H,45,46,47)(H,48,49,50)(H,31,33,35,37)(H,32,34,36,38);;;;/b2-1+;;;;. The van der Waals surface area contributed by atoms with Gasteiger partial charge in [0.05, 0.1) is 26.4 Å². The molecule has 0 saturated carbocycles. The molecule has 4 aromatic rings. The molecule has 2 aromatic heterocycles. The van der Waals surface area contributed by atoms with Crippen molar-refractivity contribution < 1.29 is 46.4 Å². The number of hydrogen-bond acceptors (Lipinski definition) is 18. The number of hydrogen-bond donors (Lipinski definition) is 8. The molecular weight excluding hydrogens is 817 g/mol. The summed E-state index contributed by atoms with van der Waals surface area (Å²) in [6, 6.07) is 7.49. The Morgan fingerprint density at radius 3 is 1.20 bits per heavy atom. The fourth-order valence-corrected chi connectivity index (χ4v) is 6.30. The van der Waals surface area contributed by atoms with Crippen LogP contribution in [-0.4, -0.2) is 188 Å². The Morgan fingerprint density at radius 2 is 0.907 bits per heavy atom. The minimum atomic E-state index is -4.87. The molecule has 4 rings (SSSR count). The zero-order valence-electron chi connectivity index (χ0n) is 26.7. The van der Waals surface area contributed by atoms with E-state index in [1.807, 2.05) is 0 Å². The van der Waals surface area contributed by atoms with Crippen LogP contribution in [0.4, 0.5) is 35.2 Å². The van der Waals surface area contributed by atoms with E-state index in [4.69, 9.17) is 23.2 Å². The van der Waals surface area contributed by atoms with E-state index in [9.17, 15) is 46.4 Å². The summed E-state index contributed by atoms with van der Waals surface area (Å²) in [5.74, 6) is -0.230. The molecule has 0 fully saturated rings. The van der Waals surface area contributed by atoms with E-state index in [1.165, 1.54) is 46.2 Å². The number of aliphatic hydroxyl groups excluding tert-OH is 4. The molecule has 0 aliphatic rings. The first-order valence-corrected chi connectivity index (χ1v) is 18.5. The Labute approximate surface area is 363 Å². The second kappa shape index (κ2) is 21.8. The summed E-state index contributed by atoms with van der Waals surface area (Å²) in [5.41, 5.74) is 0.0111. The van der Waals surface area contributed by atoms with Crippen molar-refractivity contribution in [2.75, 3.05) is 73.0 Å². The van der Waals surface area contributed by atoms with Crippen LogP contribution in [0.3, 0.4) is 0 Å². The zero-order valence-corrected chi connectivity index (χ0v) is 29.9. The van der Waals surface area contributed by atoms with Gasteiger partial charge in [0.2, 0.25) is 34.4 Å². The summed E-state index contributed by atoms with van der Waals surface area (Å²) >= 11 is 12.1. The Hall–Kier alpha value is -2.36. The maximum absolute atomic E-state index is 12.4. The van der Waals surface area contributed by atoms with Crippen molar-refractivity contribution in [3.8, 4) is 0 Å². The first kappa shape index (κ1) is 47.8. The molecule has 8 N–H and O–H groups in total. The molecule has 0 aliphatic carbocycles. The molecule has 0 bridgehead atoms. The number of anilines is 6. The van der Waals surface area contributed by atoms with E-state index in [-0.39, 0.29) is 169 Å². The average Bonchev–Trinajstić information content (AvgIpc) is 3.06. The fourth-order valence-electron chi connectivity index (χ4n) is 4.56. The number of nitrogens with one attached hydrogen (secondary N) is 2. The first-order chi connectivity index (χ1) is 24.6. The summed E-state index contributed by atoms with van der Waals surface area (Å²) in [7, 11) is -9.74. The van der Waals surface area contributed by atoms with Crippen LogP contribution in [0, 0.1) is 0 Å². The molecule has 0 atom stereocenters. The number of aliphatic hydroxyl groups is 4. The Balaban J connectivity index is 0.00000504. The van der Waals surface area contributed by atoms with Crippen LogP contribution in [0.5, 0.6) is 0 Å². The fraction of sp³-hybridized carbons (Fsp3) is 0.286. The van der Waals surface area contributed by atoms with Crippen molar-refractivity contribution in [3.63, 3.8) is 0 Å². The Morgan fingerprint density at radius 1 is 0.574 bits per heavy atom. The van der Waals surface area contributed by atoms with Crippen molar-refractivity contribution in [1.29, 1.82) is 0 Å². The van der Waals surface area contributed by atoms with E-state index in [0.717, 1.165) is 12.1 Å². The summed E-state index contributed by atoms with van der Waals surface area (Å²) in [4.78, 5) is 25.9. The Kier molecular flexibility index (Phi) is 19.3. The monoisotopic (exact) mass is 850 g/mol. The van der Waals surface area contributed by atoms with Crippen LogP contribution < -0.4 is 20.4 Å². The summed E-state index contributed by atoms with van der Waals surface area (Å²) in [5, 5.41) is 42.3. The van der Waals surface area contributed by atoms with Gasteiger partial charge in [-0.3, -0.25) is 9.11 Å². The number of benzene rings is 2. The third kappa shape index (κ3) is 13.7. The predicted molar refractivity (Wildman–Crippen MR) is 205 cm³/mol. The summed E-state index contributed by atoms with van der Waals surface area (Å²) < 4.78 is 69.6. The van der Waals surface area contributed by atoms with Crippen molar-refractivity contribution in [2.24, 2.45) is 0 Å². The number of rotatable bonds is 18. The second-order valence-corrected chi connectivity index (χ2v) is 13.8. The van der Waals surface area contributed by atoms with Crippen LogP contribution in [0.15, 0.2) is 46.2 Å². The van der Waals surface area contributed by atoms with E-state index >= 15 is 0 Å². The predicted octanol–water partition coefficient (Wildman–Crippen LogP) is -0.201. The molecule has 0 spiro atoms. The molecule has 0 unspecified atom stereocenters. The van der Waals surface area contributed by atoms with Gasteiger partial charge in [-0.05, 0) is 58.6 Å². The molecule has 54 heavy (non-hydrogen) atoms. The maximum atomic E-state index is 12.4. The molecule has 0 saturated heterocycles. The minimum absolute atomic E-state index is 0. The molecule has 0 radical (unpaired) electrons. The Bertz CT molecular complexity index is 1980. The van der Waals surface area contributed by atoms with E-state index in [0.29, 0.717) is 0 Å². The normalized spacial score (nSPS) is 11.5. The third-order valence-electron chi connectivity index (χ3n) is 6.78. The first-order valence-electron chi connectivity index (χ1n) is 14.9. The number of halogens is 2. The molecule has 2 heterocycles. The quantitative estimate of drug-likeness (QED) is 0.0365. The van der Waals surface area contributed by atoms with Gasteiger partial charge in [-0.25, -0.2) is 0 Å². The zero-order chi connectivity index (χ0) is 38.1. The van der Waals surface area contributed by atoms with Crippen molar-refractivity contribution >= 4 is 150 Å². The third-order valence-corrected chi connectivity index (χ3v) is 8.93. The molecule has 2 aromatic carbocycles. The van der Waals surface area contributed by atoms with Gasteiger partial charge in [-0.1, -0.05) is 24.3 Å². The van der Waals surface area contributed by atoms with Crippen molar-refractivity contribution in [2.45, 2.75) is 9.79 Å². The topological polar surface area (TPSA) is 298 Å². The van der Waals surface area contributed by atoms with Crippen molar-refractivity contribution in [3.05, 3.63) is 58.1 Å². The van der Waals surface area contributed by atoms with Crippen LogP contribution in [-0.2, 0) is 20.2 Å². The van der Waals surface area contributed by atoms with Crippen LogP contribution in [0.25, 0.3) is 12.2 Å². The SMILES string of the molecule is O=S(=O)(O)c1cc(Nc2nc(Cl)nc(N(CCO)CCO)n2)ccc1/C=C/c1ccc(Nc2nc(Cl)nc(N(CCO)CCO)n2)cc1S(=O)(=O)O.[NaH].[NaH]. The van der Waals surface area contributed by atoms with Gasteiger partial charge in [-0.15, -0.1) is 0 Å². The van der Waals surface area contributed by atoms with Crippen LogP contribution >= 0.6 is 23.2 Å². The summed E-state index contributed by atoms with van der Waals surface area (Å²) in [6.45, 7) is -0.836. The van der Waals surface area contributed by atoms with E-state index in [2.05, 4.69) is 40.5 Å². The average molecular weight is 852 g/mol. The van der Waals surface area contributed by atoms with Crippen molar-refractivity contribution in [1.82, 2.24) is 29.9 Å². The summed E-state index contributed by atoms with van der Waals surface area (Å²) in [6.07, 6.45) is 2.39. The molecule has 284 valence electrons. The second-order valence-electron chi connectivity index (χ2n) is 10.4. The number of aromatic nitrogens is 6. The number of nitrogens with zero attached hydrogens (tertiary/aromatic N) is 8. The van der Waals surface area contributed by atoms with Gasteiger partial charge in [0.25, 0.3) is 20.2 Å². The molecule has 0 amide bonds. The van der Waals surface area contributed by atoms with E-state index in [1.54, 1.807) is 0 Å². The van der Waals surface area contributed by atoms with Crippen LogP contribution in [0.2, 0.25) is 10.6 Å². The molecular formula is C28H34Cl2N10Na2O10S2. The molecule has 20 nitrogen and oxygen atoms in total. The van der Waals surface area contributed by atoms with Gasteiger partial charge >= 0.3 is 59.1 Å². The van der Waals surface area contributed by atoms with Gasteiger partial charge in [-0.2, -0.15) is 46.7 Å². The molecule has 26 heteroatoms. The van der Waals surface area contributed by atoms with Gasteiger partial charge in [0.15, 0.2) is 0 Å². The van der Waals surface area contributed by atoms with E-state index < -0.39 is 30.0 Å². The van der Waals surface area contributed by atoms with Gasteiger partial charge in [0.1, 0.15) is 9.79 Å². The van der Waals surface area contributed by atoms with Crippen LogP contribution in [0.1, 0.15) is 11.1 Å².